The van der Waals surface area contributed by atoms with E-state index in [1.165, 1.54) is 32.4 Å². The molecule has 0 radical (unpaired) electrons. The smallest absolute Gasteiger partial charge is 0.0216 e. The van der Waals surface area contributed by atoms with E-state index in [1.807, 2.05) is 0 Å². The highest BCUT2D eigenvalue weighted by Crippen LogP contribution is 2.12. The number of rotatable bonds is 2. The Balaban J connectivity index is 2.32. The second-order valence-electron chi connectivity index (χ2n) is 3.70. The van der Waals surface area contributed by atoms with Crippen LogP contribution in [0.1, 0.15) is 33.1 Å². The maximum absolute atomic E-state index is 5.83. The summed E-state index contributed by atoms with van der Waals surface area (Å²) in [7, 11) is 0. The fourth-order valence-electron chi connectivity index (χ4n) is 1.66. The summed E-state index contributed by atoms with van der Waals surface area (Å²) < 4.78 is 0. The van der Waals surface area contributed by atoms with Crippen molar-refractivity contribution >= 4 is 0 Å². The quantitative estimate of drug-likeness (QED) is 0.651. The molecule has 1 aliphatic heterocycles. The standard InChI is InChI=1S/C9H20N2/c1-8(10)9(2)11-6-4-3-5-7-11/h8-9H,3-7,10H2,1-2H3. The van der Waals surface area contributed by atoms with Gasteiger partial charge in [-0.3, -0.25) is 4.90 Å². The zero-order valence-corrected chi connectivity index (χ0v) is 7.71. The molecule has 0 aromatic rings. The fourth-order valence-corrected chi connectivity index (χ4v) is 1.66. The number of hydrogen-bond donors (Lipinski definition) is 1. The molecule has 0 amide bonds. The van der Waals surface area contributed by atoms with Gasteiger partial charge in [0, 0.05) is 12.1 Å². The van der Waals surface area contributed by atoms with Crippen LogP contribution in [0.3, 0.4) is 0 Å². The summed E-state index contributed by atoms with van der Waals surface area (Å²) in [4.78, 5) is 2.51. The molecular weight excluding hydrogens is 136 g/mol. The summed E-state index contributed by atoms with van der Waals surface area (Å²) in [6.07, 6.45) is 4.12. The summed E-state index contributed by atoms with van der Waals surface area (Å²) in [5, 5.41) is 0. The molecule has 1 saturated heterocycles. The molecule has 0 spiro atoms. The van der Waals surface area contributed by atoms with Crippen molar-refractivity contribution in [2.24, 2.45) is 5.73 Å². The summed E-state index contributed by atoms with van der Waals surface area (Å²) in [6, 6.07) is 0.878. The van der Waals surface area contributed by atoms with Crippen molar-refractivity contribution in [2.45, 2.75) is 45.2 Å². The Morgan fingerprint density at radius 1 is 1.09 bits per heavy atom. The minimum atomic E-state index is 0.313. The maximum Gasteiger partial charge on any atom is 0.0216 e. The van der Waals surface area contributed by atoms with Crippen molar-refractivity contribution < 1.29 is 0 Å². The SMILES string of the molecule is CC(N)C(C)N1CCCCC1. The Morgan fingerprint density at radius 3 is 2.09 bits per heavy atom. The van der Waals surface area contributed by atoms with Crippen LogP contribution < -0.4 is 5.73 Å². The van der Waals surface area contributed by atoms with Gasteiger partial charge in [0.1, 0.15) is 0 Å². The molecule has 1 rings (SSSR count). The third kappa shape index (κ3) is 2.46. The van der Waals surface area contributed by atoms with Crippen molar-refractivity contribution in [2.75, 3.05) is 13.1 Å². The van der Waals surface area contributed by atoms with Gasteiger partial charge < -0.3 is 5.73 Å². The first kappa shape index (κ1) is 9.01. The Kier molecular flexibility index (Phi) is 3.34. The van der Waals surface area contributed by atoms with Crippen LogP contribution in [-0.2, 0) is 0 Å². The van der Waals surface area contributed by atoms with Crippen molar-refractivity contribution in [3.8, 4) is 0 Å². The Labute approximate surface area is 69.8 Å². The van der Waals surface area contributed by atoms with Crippen molar-refractivity contribution in [1.29, 1.82) is 0 Å². The highest BCUT2D eigenvalue weighted by molar-refractivity contribution is 4.77. The predicted molar refractivity (Wildman–Crippen MR) is 48.5 cm³/mol. The normalized spacial score (nSPS) is 26.5. The van der Waals surface area contributed by atoms with E-state index in [-0.39, 0.29) is 0 Å². The van der Waals surface area contributed by atoms with Gasteiger partial charge in [0.2, 0.25) is 0 Å². The average Bonchev–Trinajstić information content (AvgIpc) is 2.05. The lowest BCUT2D eigenvalue weighted by molar-refractivity contribution is 0.158. The third-order valence-corrected chi connectivity index (χ3v) is 2.73. The van der Waals surface area contributed by atoms with Gasteiger partial charge in [0.25, 0.3) is 0 Å². The maximum atomic E-state index is 5.83. The Hall–Kier alpha value is -0.0800. The highest BCUT2D eigenvalue weighted by atomic mass is 15.2. The molecule has 0 aromatic carbocycles. The van der Waals surface area contributed by atoms with Gasteiger partial charge >= 0.3 is 0 Å². The molecule has 11 heavy (non-hydrogen) atoms. The van der Waals surface area contributed by atoms with Crippen LogP contribution in [0.25, 0.3) is 0 Å². The average molecular weight is 156 g/mol. The number of likely N-dealkylation sites (tertiary alicyclic amines) is 1. The molecule has 0 aliphatic carbocycles. The highest BCUT2D eigenvalue weighted by Gasteiger charge is 2.18. The summed E-state index contributed by atoms with van der Waals surface area (Å²) in [5.41, 5.74) is 5.83. The van der Waals surface area contributed by atoms with Gasteiger partial charge in [-0.15, -0.1) is 0 Å². The second-order valence-corrected chi connectivity index (χ2v) is 3.70. The van der Waals surface area contributed by atoms with Gasteiger partial charge in [0.05, 0.1) is 0 Å². The van der Waals surface area contributed by atoms with Crippen LogP contribution in [0.2, 0.25) is 0 Å². The minimum Gasteiger partial charge on any atom is -0.327 e. The lowest BCUT2D eigenvalue weighted by atomic mass is 10.1. The molecule has 0 aromatic heterocycles. The first-order valence-electron chi connectivity index (χ1n) is 4.71. The van der Waals surface area contributed by atoms with E-state index in [4.69, 9.17) is 5.73 Å². The molecule has 1 aliphatic rings. The van der Waals surface area contributed by atoms with Crippen LogP contribution in [0.4, 0.5) is 0 Å². The van der Waals surface area contributed by atoms with Crippen LogP contribution >= 0.6 is 0 Å². The largest absolute Gasteiger partial charge is 0.327 e. The second kappa shape index (κ2) is 4.07. The first-order chi connectivity index (χ1) is 5.22. The van der Waals surface area contributed by atoms with Crippen LogP contribution in [0, 0.1) is 0 Å². The summed E-state index contributed by atoms with van der Waals surface area (Å²) >= 11 is 0. The number of nitrogens with two attached hydrogens (primary N) is 1. The molecule has 0 bridgehead atoms. The third-order valence-electron chi connectivity index (χ3n) is 2.73. The van der Waals surface area contributed by atoms with E-state index >= 15 is 0 Å². The molecule has 0 saturated carbocycles. The van der Waals surface area contributed by atoms with E-state index in [0.29, 0.717) is 12.1 Å². The molecule has 1 heterocycles. The van der Waals surface area contributed by atoms with Gasteiger partial charge in [0.15, 0.2) is 0 Å². The minimum absolute atomic E-state index is 0.313. The summed E-state index contributed by atoms with van der Waals surface area (Å²) in [6.45, 7) is 6.83. The number of piperidine rings is 1. The van der Waals surface area contributed by atoms with E-state index in [0.717, 1.165) is 0 Å². The van der Waals surface area contributed by atoms with E-state index in [1.54, 1.807) is 0 Å². The van der Waals surface area contributed by atoms with Gasteiger partial charge in [-0.05, 0) is 39.8 Å². The van der Waals surface area contributed by atoms with Crippen LogP contribution in [-0.4, -0.2) is 30.1 Å². The van der Waals surface area contributed by atoms with Crippen molar-refractivity contribution in [3.63, 3.8) is 0 Å². The van der Waals surface area contributed by atoms with Gasteiger partial charge in [-0.2, -0.15) is 0 Å². The molecule has 2 atom stereocenters. The zero-order valence-electron chi connectivity index (χ0n) is 7.71. The molecule has 2 heteroatoms. The van der Waals surface area contributed by atoms with E-state index in [9.17, 15) is 0 Å². The zero-order chi connectivity index (χ0) is 8.27. The lowest BCUT2D eigenvalue weighted by Crippen LogP contribution is -2.46. The lowest BCUT2D eigenvalue weighted by Gasteiger charge is -2.34. The van der Waals surface area contributed by atoms with Gasteiger partial charge in [-0.25, -0.2) is 0 Å². The molecule has 2 unspecified atom stereocenters. The molecule has 2 nitrogen and oxygen atoms in total. The Bertz CT molecular complexity index is 106. The Morgan fingerprint density at radius 2 is 1.64 bits per heavy atom. The predicted octanol–water partition coefficient (Wildman–Crippen LogP) is 1.21. The summed E-state index contributed by atoms with van der Waals surface area (Å²) in [5.74, 6) is 0. The van der Waals surface area contributed by atoms with E-state index in [2.05, 4.69) is 18.7 Å². The van der Waals surface area contributed by atoms with Crippen molar-refractivity contribution in [1.82, 2.24) is 4.90 Å². The van der Waals surface area contributed by atoms with E-state index < -0.39 is 0 Å². The molecule has 66 valence electrons. The first-order valence-corrected chi connectivity index (χ1v) is 4.71. The number of nitrogens with zero attached hydrogens (tertiary/aromatic N) is 1. The molecule has 1 fully saturated rings. The monoisotopic (exact) mass is 156 g/mol. The number of hydrogen-bond acceptors (Lipinski definition) is 2. The fraction of sp³-hybridized carbons (Fsp3) is 1.00. The topological polar surface area (TPSA) is 29.3 Å². The van der Waals surface area contributed by atoms with Gasteiger partial charge in [-0.1, -0.05) is 6.42 Å². The molecule has 2 N–H and O–H groups in total. The van der Waals surface area contributed by atoms with Crippen molar-refractivity contribution in [3.05, 3.63) is 0 Å². The van der Waals surface area contributed by atoms with Crippen LogP contribution in [0.5, 0.6) is 0 Å². The molecular formula is C9H20N2. The van der Waals surface area contributed by atoms with Crippen LogP contribution in [0.15, 0.2) is 0 Å².